The van der Waals surface area contributed by atoms with Crippen molar-refractivity contribution in [3.05, 3.63) is 35.4 Å². The topological polar surface area (TPSA) is 21.7 Å². The first-order chi connectivity index (χ1) is 11.2. The number of nitrogens with zero attached hydrogens (tertiary/aromatic N) is 1. The van der Waals surface area contributed by atoms with E-state index in [0.29, 0.717) is 12.0 Å². The van der Waals surface area contributed by atoms with Gasteiger partial charge in [0.1, 0.15) is 0 Å². The lowest BCUT2D eigenvalue weighted by atomic mass is 9.59. The molecule has 3 aliphatic rings. The summed E-state index contributed by atoms with van der Waals surface area (Å²) in [5.74, 6) is 2.46. The monoisotopic (exact) mass is 313 g/mol. The van der Waals surface area contributed by atoms with E-state index in [2.05, 4.69) is 36.2 Å². The van der Waals surface area contributed by atoms with Gasteiger partial charge in [-0.2, -0.15) is 0 Å². The molecule has 0 aromatic heterocycles. The van der Waals surface area contributed by atoms with Crippen molar-refractivity contribution in [2.24, 2.45) is 5.92 Å². The van der Waals surface area contributed by atoms with Crippen LogP contribution in [0.1, 0.15) is 36.8 Å². The van der Waals surface area contributed by atoms with Gasteiger partial charge in [-0.05, 0) is 57.3 Å². The lowest BCUT2D eigenvalue weighted by Crippen LogP contribution is -2.54. The van der Waals surface area contributed by atoms with Gasteiger partial charge in [-0.15, -0.1) is 0 Å². The minimum absolute atomic E-state index is 0.220. The van der Waals surface area contributed by atoms with Gasteiger partial charge in [0.2, 0.25) is 0 Å². The predicted octanol–water partition coefficient (Wildman–Crippen LogP) is 3.56. The Morgan fingerprint density at radius 2 is 2.04 bits per heavy atom. The quantitative estimate of drug-likeness (QED) is 0.779. The fourth-order valence-electron chi connectivity index (χ4n) is 5.38. The maximum Gasteiger partial charge on any atom is 0.164 e. The number of hydrogen-bond acceptors (Lipinski definition) is 3. The van der Waals surface area contributed by atoms with E-state index in [-0.39, 0.29) is 5.41 Å². The summed E-state index contributed by atoms with van der Waals surface area (Å²) in [6.45, 7) is 1.18. The van der Waals surface area contributed by atoms with Crippen molar-refractivity contribution in [1.29, 1.82) is 0 Å². The Morgan fingerprint density at radius 1 is 1.17 bits per heavy atom. The van der Waals surface area contributed by atoms with Gasteiger partial charge in [0.15, 0.2) is 11.5 Å². The molecule has 23 heavy (non-hydrogen) atoms. The molecule has 2 aliphatic carbocycles. The van der Waals surface area contributed by atoms with Gasteiger partial charge in [-0.1, -0.05) is 18.2 Å². The van der Waals surface area contributed by atoms with Gasteiger partial charge < -0.3 is 14.4 Å². The van der Waals surface area contributed by atoms with E-state index in [1.807, 2.05) is 0 Å². The maximum atomic E-state index is 5.89. The molecule has 1 fully saturated rings. The molecule has 1 heterocycles. The number of rotatable bonds is 2. The Labute approximate surface area is 139 Å². The smallest absolute Gasteiger partial charge is 0.164 e. The number of likely N-dealkylation sites (tertiary alicyclic amines) is 1. The van der Waals surface area contributed by atoms with Crippen LogP contribution in [0, 0.1) is 5.92 Å². The summed E-state index contributed by atoms with van der Waals surface area (Å²) in [6.07, 6.45) is 10.9. The van der Waals surface area contributed by atoms with Crippen LogP contribution < -0.4 is 9.47 Å². The predicted molar refractivity (Wildman–Crippen MR) is 92.4 cm³/mol. The molecule has 0 saturated carbocycles. The Balaban J connectivity index is 1.97. The van der Waals surface area contributed by atoms with E-state index >= 15 is 0 Å². The summed E-state index contributed by atoms with van der Waals surface area (Å²) >= 11 is 0. The number of piperidine rings is 1. The molecule has 0 amide bonds. The Hall–Kier alpha value is -1.48. The molecule has 1 aliphatic heterocycles. The van der Waals surface area contributed by atoms with Gasteiger partial charge in [-0.25, -0.2) is 0 Å². The highest BCUT2D eigenvalue weighted by molar-refractivity contribution is 5.56. The molecule has 2 bridgehead atoms. The third-order valence-corrected chi connectivity index (χ3v) is 6.47. The van der Waals surface area contributed by atoms with Crippen LogP contribution in [-0.4, -0.2) is 38.8 Å². The fourth-order valence-corrected chi connectivity index (χ4v) is 5.38. The summed E-state index contributed by atoms with van der Waals surface area (Å²) in [5, 5.41) is 0. The lowest BCUT2D eigenvalue weighted by molar-refractivity contribution is 0.0599. The van der Waals surface area contributed by atoms with Crippen molar-refractivity contribution in [2.75, 3.05) is 27.8 Å². The molecule has 1 saturated heterocycles. The van der Waals surface area contributed by atoms with E-state index in [1.54, 1.807) is 14.2 Å². The standard InChI is InChI=1S/C20H27NO2/c1-21-13-12-20-11-5-4-6-15(20)16(21)9-7-14-8-10-17(22-2)19(23-3)18(14)20/h4,6,8,10,15-16H,5,7,9,11-13H2,1-3H3/t15-,16+,20+/m0/s1. The molecule has 0 spiro atoms. The maximum absolute atomic E-state index is 5.89. The van der Waals surface area contributed by atoms with Gasteiger partial charge in [0.25, 0.3) is 0 Å². The molecule has 124 valence electrons. The zero-order valence-electron chi connectivity index (χ0n) is 14.5. The minimum atomic E-state index is 0.220. The summed E-state index contributed by atoms with van der Waals surface area (Å²) in [6, 6.07) is 5.01. The van der Waals surface area contributed by atoms with Crippen molar-refractivity contribution < 1.29 is 9.47 Å². The van der Waals surface area contributed by atoms with Gasteiger partial charge in [0, 0.05) is 22.9 Å². The van der Waals surface area contributed by atoms with Crippen molar-refractivity contribution in [2.45, 2.75) is 43.6 Å². The van der Waals surface area contributed by atoms with Crippen LogP contribution >= 0.6 is 0 Å². The van der Waals surface area contributed by atoms with E-state index in [9.17, 15) is 0 Å². The fraction of sp³-hybridized carbons (Fsp3) is 0.600. The average Bonchev–Trinajstić information content (AvgIpc) is 2.70. The summed E-state index contributed by atoms with van der Waals surface area (Å²) in [5.41, 5.74) is 3.14. The molecule has 3 nitrogen and oxygen atoms in total. The van der Waals surface area contributed by atoms with Crippen LogP contribution in [0.3, 0.4) is 0 Å². The first-order valence-corrected chi connectivity index (χ1v) is 8.82. The Kier molecular flexibility index (Phi) is 3.64. The summed E-state index contributed by atoms with van der Waals surface area (Å²) in [4.78, 5) is 2.58. The Morgan fingerprint density at radius 3 is 2.83 bits per heavy atom. The van der Waals surface area contributed by atoms with E-state index in [0.717, 1.165) is 17.9 Å². The number of methoxy groups -OCH3 is 2. The van der Waals surface area contributed by atoms with Crippen molar-refractivity contribution in [1.82, 2.24) is 4.90 Å². The zero-order valence-corrected chi connectivity index (χ0v) is 14.5. The number of hydrogen-bond donors (Lipinski definition) is 0. The molecular weight excluding hydrogens is 286 g/mol. The molecule has 0 radical (unpaired) electrons. The highest BCUT2D eigenvalue weighted by Gasteiger charge is 2.51. The van der Waals surface area contributed by atoms with Crippen LogP contribution in [0.2, 0.25) is 0 Å². The lowest BCUT2D eigenvalue weighted by Gasteiger charge is -2.52. The van der Waals surface area contributed by atoms with E-state index < -0.39 is 0 Å². The third-order valence-electron chi connectivity index (χ3n) is 6.47. The molecule has 1 aromatic carbocycles. The number of benzene rings is 1. The van der Waals surface area contributed by atoms with E-state index in [1.165, 1.54) is 43.4 Å². The summed E-state index contributed by atoms with van der Waals surface area (Å²) < 4.78 is 11.5. The van der Waals surface area contributed by atoms with Crippen LogP contribution in [0.15, 0.2) is 24.3 Å². The average molecular weight is 313 g/mol. The zero-order chi connectivity index (χ0) is 16.0. The van der Waals surface area contributed by atoms with Crippen molar-refractivity contribution in [3.63, 3.8) is 0 Å². The molecular formula is C20H27NO2. The second-order valence-electron chi connectivity index (χ2n) is 7.32. The van der Waals surface area contributed by atoms with Crippen molar-refractivity contribution >= 4 is 0 Å². The molecule has 1 aromatic rings. The molecule has 0 unspecified atom stereocenters. The molecule has 4 rings (SSSR count). The number of fused-ring (bicyclic) bond motifs is 1. The number of ether oxygens (including phenoxy) is 2. The third kappa shape index (κ3) is 2.06. The summed E-state index contributed by atoms with van der Waals surface area (Å²) in [7, 11) is 5.83. The molecule has 3 heteroatoms. The molecule has 3 atom stereocenters. The highest BCUT2D eigenvalue weighted by Crippen LogP contribution is 2.56. The first kappa shape index (κ1) is 15.1. The number of allylic oxidation sites excluding steroid dienone is 1. The van der Waals surface area contributed by atoms with Gasteiger partial charge in [0.05, 0.1) is 14.2 Å². The van der Waals surface area contributed by atoms with Gasteiger partial charge >= 0.3 is 0 Å². The second-order valence-corrected chi connectivity index (χ2v) is 7.32. The Bertz CT molecular complexity index is 639. The largest absolute Gasteiger partial charge is 0.493 e. The first-order valence-electron chi connectivity index (χ1n) is 8.82. The van der Waals surface area contributed by atoms with Crippen LogP contribution in [0.4, 0.5) is 0 Å². The van der Waals surface area contributed by atoms with Crippen LogP contribution in [-0.2, 0) is 11.8 Å². The highest BCUT2D eigenvalue weighted by atomic mass is 16.5. The SMILES string of the molecule is COc1ccc2c(c1OC)[C@@]13CCC=C[C@H]1[C@@H](CC2)N(C)CC3. The van der Waals surface area contributed by atoms with Gasteiger partial charge in [-0.3, -0.25) is 0 Å². The molecule has 0 N–H and O–H groups in total. The van der Waals surface area contributed by atoms with Crippen LogP contribution in [0.5, 0.6) is 11.5 Å². The normalized spacial score (nSPS) is 32.7. The van der Waals surface area contributed by atoms with Crippen molar-refractivity contribution in [3.8, 4) is 11.5 Å². The number of aryl methyl sites for hydroxylation is 1. The minimum Gasteiger partial charge on any atom is -0.493 e. The van der Waals surface area contributed by atoms with E-state index in [4.69, 9.17) is 9.47 Å². The second kappa shape index (κ2) is 5.55. The van der Waals surface area contributed by atoms with Crippen LogP contribution in [0.25, 0.3) is 0 Å².